The van der Waals surface area contributed by atoms with Gasteiger partial charge in [-0.2, -0.15) is 0 Å². The molecule has 21 heavy (non-hydrogen) atoms. The van der Waals surface area contributed by atoms with Gasteiger partial charge in [-0.1, -0.05) is 25.1 Å². The lowest BCUT2D eigenvalue weighted by atomic mass is 9.67. The summed E-state index contributed by atoms with van der Waals surface area (Å²) in [6, 6.07) is 6.68. The Bertz CT molecular complexity index is 667. The summed E-state index contributed by atoms with van der Waals surface area (Å²) in [5, 5.41) is 12.9. The molecule has 0 fully saturated rings. The number of nitrogens with zero attached hydrogens (tertiary/aromatic N) is 1. The number of anilines is 1. The van der Waals surface area contributed by atoms with Gasteiger partial charge >= 0.3 is 5.97 Å². The Labute approximate surface area is 124 Å². The van der Waals surface area contributed by atoms with Gasteiger partial charge < -0.3 is 10.4 Å². The minimum atomic E-state index is -0.730. The summed E-state index contributed by atoms with van der Waals surface area (Å²) in [6.45, 7) is 3.89. The van der Waals surface area contributed by atoms with Crippen LogP contribution in [-0.4, -0.2) is 42.2 Å². The van der Waals surface area contributed by atoms with E-state index in [0.29, 0.717) is 12.6 Å². The highest BCUT2D eigenvalue weighted by atomic mass is 16.4. The maximum atomic E-state index is 11.4. The molecule has 3 atom stereocenters. The van der Waals surface area contributed by atoms with E-state index in [-0.39, 0.29) is 5.41 Å². The molecule has 1 aromatic carbocycles. The molecule has 2 aliphatic heterocycles. The molecule has 1 aliphatic carbocycles. The molecule has 4 nitrogen and oxygen atoms in total. The maximum absolute atomic E-state index is 11.4. The number of carbonyl (C=O) groups is 1. The Morgan fingerprint density at radius 1 is 1.48 bits per heavy atom. The van der Waals surface area contributed by atoms with E-state index in [4.69, 9.17) is 0 Å². The molecule has 4 rings (SSSR count). The van der Waals surface area contributed by atoms with Gasteiger partial charge in [-0.15, -0.1) is 0 Å². The zero-order valence-electron chi connectivity index (χ0n) is 12.4. The van der Waals surface area contributed by atoms with Crippen LogP contribution in [0.25, 0.3) is 5.57 Å². The SMILES string of the molecule is CN1C[C@H](C(=O)O)C=C2c3cccc4c3[C@@](C)(CN4)C[C@H]21. The number of aliphatic carboxylic acids is 1. The van der Waals surface area contributed by atoms with Crippen molar-refractivity contribution in [3.63, 3.8) is 0 Å². The summed E-state index contributed by atoms with van der Waals surface area (Å²) < 4.78 is 0. The van der Waals surface area contributed by atoms with Crippen LogP contribution in [0, 0.1) is 5.92 Å². The smallest absolute Gasteiger partial charge is 0.311 e. The largest absolute Gasteiger partial charge is 0.481 e. The van der Waals surface area contributed by atoms with Gasteiger partial charge in [0.1, 0.15) is 0 Å². The number of benzene rings is 1. The number of hydrogen-bond donors (Lipinski definition) is 2. The predicted molar refractivity (Wildman–Crippen MR) is 82.4 cm³/mol. The number of likely N-dealkylation sites (N-methyl/N-ethyl adjacent to an activating group) is 1. The Kier molecular flexibility index (Phi) is 2.52. The summed E-state index contributed by atoms with van der Waals surface area (Å²) in [5.74, 6) is -1.14. The third-order valence-electron chi connectivity index (χ3n) is 5.37. The minimum Gasteiger partial charge on any atom is -0.481 e. The first kappa shape index (κ1) is 12.9. The lowest BCUT2D eigenvalue weighted by Gasteiger charge is -2.45. The first-order valence-electron chi connectivity index (χ1n) is 7.52. The quantitative estimate of drug-likeness (QED) is 0.830. The van der Waals surface area contributed by atoms with Crippen LogP contribution >= 0.6 is 0 Å². The topological polar surface area (TPSA) is 52.6 Å². The van der Waals surface area contributed by atoms with Crippen LogP contribution in [0.2, 0.25) is 0 Å². The van der Waals surface area contributed by atoms with Crippen molar-refractivity contribution in [1.29, 1.82) is 0 Å². The number of rotatable bonds is 1. The van der Waals surface area contributed by atoms with Crippen LogP contribution in [-0.2, 0) is 10.2 Å². The molecule has 4 heteroatoms. The van der Waals surface area contributed by atoms with E-state index in [9.17, 15) is 9.90 Å². The van der Waals surface area contributed by atoms with Crippen molar-refractivity contribution in [3.05, 3.63) is 35.4 Å². The summed E-state index contributed by atoms with van der Waals surface area (Å²) in [4.78, 5) is 13.6. The third kappa shape index (κ3) is 1.69. The van der Waals surface area contributed by atoms with Crippen molar-refractivity contribution in [2.24, 2.45) is 5.92 Å². The predicted octanol–water partition coefficient (Wildman–Crippen LogP) is 2.17. The Balaban J connectivity index is 1.92. The number of carboxylic acids is 1. The normalized spacial score (nSPS) is 33.7. The highest BCUT2D eigenvalue weighted by Crippen LogP contribution is 2.51. The van der Waals surface area contributed by atoms with Crippen LogP contribution in [0.1, 0.15) is 24.5 Å². The average Bonchev–Trinajstić information content (AvgIpc) is 2.79. The average molecular weight is 284 g/mol. The molecule has 0 aromatic heterocycles. The van der Waals surface area contributed by atoms with Gasteiger partial charge in [0.2, 0.25) is 0 Å². The van der Waals surface area contributed by atoms with Crippen molar-refractivity contribution in [1.82, 2.24) is 4.90 Å². The lowest BCUT2D eigenvalue weighted by molar-refractivity contribution is -0.140. The number of nitrogens with one attached hydrogen (secondary N) is 1. The van der Waals surface area contributed by atoms with Crippen molar-refractivity contribution in [3.8, 4) is 0 Å². The van der Waals surface area contributed by atoms with Gasteiger partial charge in [0.15, 0.2) is 0 Å². The van der Waals surface area contributed by atoms with Crippen LogP contribution in [0.15, 0.2) is 24.3 Å². The molecule has 0 spiro atoms. The van der Waals surface area contributed by atoms with Crippen LogP contribution in [0.4, 0.5) is 5.69 Å². The zero-order chi connectivity index (χ0) is 14.8. The molecular weight excluding hydrogens is 264 g/mol. The van der Waals surface area contributed by atoms with Crippen LogP contribution in [0.3, 0.4) is 0 Å². The molecule has 0 saturated carbocycles. The minimum absolute atomic E-state index is 0.151. The fourth-order valence-corrected chi connectivity index (χ4v) is 4.31. The monoisotopic (exact) mass is 284 g/mol. The summed E-state index contributed by atoms with van der Waals surface area (Å²) >= 11 is 0. The first-order chi connectivity index (χ1) is 9.99. The van der Waals surface area contributed by atoms with Crippen molar-refractivity contribution < 1.29 is 9.90 Å². The summed E-state index contributed by atoms with van der Waals surface area (Å²) in [6.07, 6.45) is 3.04. The Morgan fingerprint density at radius 2 is 2.29 bits per heavy atom. The van der Waals surface area contributed by atoms with E-state index in [2.05, 4.69) is 35.3 Å². The number of fused-ring (bicyclic) bond motifs is 2. The Morgan fingerprint density at radius 3 is 3.05 bits per heavy atom. The molecule has 0 bridgehead atoms. The van der Waals surface area contributed by atoms with Gasteiger partial charge in [0, 0.05) is 30.2 Å². The molecule has 2 N–H and O–H groups in total. The molecule has 3 aliphatic rings. The lowest BCUT2D eigenvalue weighted by Crippen LogP contribution is -2.48. The van der Waals surface area contributed by atoms with Gasteiger partial charge in [-0.05, 0) is 36.2 Å². The van der Waals surface area contributed by atoms with E-state index in [1.54, 1.807) is 0 Å². The van der Waals surface area contributed by atoms with E-state index in [1.165, 1.54) is 22.4 Å². The van der Waals surface area contributed by atoms with E-state index in [0.717, 1.165) is 13.0 Å². The van der Waals surface area contributed by atoms with E-state index < -0.39 is 11.9 Å². The molecule has 2 heterocycles. The standard InChI is InChI=1S/C17H20N2O2/c1-17-7-14-12(6-10(16(20)21)8-19(14)2)11-4-3-5-13(15(11)17)18-9-17/h3-6,10,14,18H,7-9H2,1-2H3,(H,20,21)/t10-,14-,17-/m1/s1. The van der Waals surface area contributed by atoms with Crippen molar-refractivity contribution in [2.45, 2.75) is 24.8 Å². The number of hydrogen-bond acceptors (Lipinski definition) is 3. The molecule has 110 valence electrons. The van der Waals surface area contributed by atoms with E-state index in [1.807, 2.05) is 13.1 Å². The van der Waals surface area contributed by atoms with E-state index >= 15 is 0 Å². The highest BCUT2D eigenvalue weighted by molar-refractivity contribution is 5.85. The molecule has 0 amide bonds. The molecule has 0 unspecified atom stereocenters. The fourth-order valence-electron chi connectivity index (χ4n) is 4.31. The van der Waals surface area contributed by atoms with Gasteiger partial charge in [0.25, 0.3) is 0 Å². The van der Waals surface area contributed by atoms with Crippen LogP contribution in [0.5, 0.6) is 0 Å². The van der Waals surface area contributed by atoms with Crippen molar-refractivity contribution in [2.75, 3.05) is 25.5 Å². The van der Waals surface area contributed by atoms with Gasteiger partial charge in [-0.25, -0.2) is 0 Å². The second kappa shape index (κ2) is 4.10. The number of carboxylic acid groups (broad SMARTS) is 1. The first-order valence-corrected chi connectivity index (χ1v) is 7.52. The highest BCUT2D eigenvalue weighted by Gasteiger charge is 2.46. The molecule has 0 saturated heterocycles. The van der Waals surface area contributed by atoms with Crippen LogP contribution < -0.4 is 5.32 Å². The molecule has 0 radical (unpaired) electrons. The third-order valence-corrected chi connectivity index (χ3v) is 5.37. The second-order valence-corrected chi connectivity index (χ2v) is 6.87. The zero-order valence-corrected chi connectivity index (χ0v) is 12.4. The van der Waals surface area contributed by atoms with Gasteiger partial charge in [0.05, 0.1) is 5.92 Å². The molecule has 1 aromatic rings. The second-order valence-electron chi connectivity index (χ2n) is 6.87. The maximum Gasteiger partial charge on any atom is 0.311 e. The fraction of sp³-hybridized carbons (Fsp3) is 0.471. The summed E-state index contributed by atoms with van der Waals surface area (Å²) in [5.41, 5.74) is 5.20. The van der Waals surface area contributed by atoms with Crippen molar-refractivity contribution >= 4 is 17.2 Å². The summed E-state index contributed by atoms with van der Waals surface area (Å²) in [7, 11) is 2.05. The Hall–Kier alpha value is -1.81. The van der Waals surface area contributed by atoms with Gasteiger partial charge in [-0.3, -0.25) is 9.69 Å². The molecular formula is C17H20N2O2.